The molecular weight excluding hydrogens is 218 g/mol. The third kappa shape index (κ3) is 2.97. The van der Waals surface area contributed by atoms with Crippen molar-refractivity contribution in [2.75, 3.05) is 7.05 Å². The third-order valence-corrected chi connectivity index (χ3v) is 3.17. The zero-order valence-corrected chi connectivity index (χ0v) is 10.7. The highest BCUT2D eigenvalue weighted by Crippen LogP contribution is 2.21. The Morgan fingerprint density at radius 2 is 2.00 bits per heavy atom. The summed E-state index contributed by atoms with van der Waals surface area (Å²) in [5, 5.41) is 18.7. The Labute approximate surface area is 101 Å². The van der Waals surface area contributed by atoms with Crippen molar-refractivity contribution in [2.45, 2.75) is 32.9 Å². The van der Waals surface area contributed by atoms with Gasteiger partial charge < -0.3 is 10.2 Å². The molecular formula is C13H19NO3. The maximum absolute atomic E-state index is 11.1. The number of nitrogens with zero attached hydrogens (tertiary/aromatic N) is 1. The lowest BCUT2D eigenvalue weighted by molar-refractivity contribution is -0.148. The number of hydrogen-bond acceptors (Lipinski definition) is 3. The van der Waals surface area contributed by atoms with E-state index in [2.05, 4.69) is 0 Å². The monoisotopic (exact) mass is 237 g/mol. The Balaban J connectivity index is 2.84. The summed E-state index contributed by atoms with van der Waals surface area (Å²) < 4.78 is 0. The van der Waals surface area contributed by atoms with Crippen molar-refractivity contribution in [3.63, 3.8) is 0 Å². The van der Waals surface area contributed by atoms with Crippen molar-refractivity contribution in [1.29, 1.82) is 0 Å². The fourth-order valence-electron chi connectivity index (χ4n) is 1.39. The zero-order chi connectivity index (χ0) is 13.2. The fourth-order valence-corrected chi connectivity index (χ4v) is 1.39. The van der Waals surface area contributed by atoms with Crippen LogP contribution in [-0.4, -0.2) is 33.7 Å². The van der Waals surface area contributed by atoms with Crippen LogP contribution in [-0.2, 0) is 11.3 Å². The third-order valence-electron chi connectivity index (χ3n) is 3.17. The first-order valence-corrected chi connectivity index (χ1v) is 5.48. The van der Waals surface area contributed by atoms with Gasteiger partial charge in [-0.3, -0.25) is 9.69 Å². The quantitative estimate of drug-likeness (QED) is 0.840. The van der Waals surface area contributed by atoms with E-state index >= 15 is 0 Å². The first-order valence-electron chi connectivity index (χ1n) is 5.48. The fraction of sp³-hybridized carbons (Fsp3) is 0.462. The van der Waals surface area contributed by atoms with Crippen LogP contribution >= 0.6 is 0 Å². The number of aromatic hydroxyl groups is 1. The SMILES string of the molecule is Cc1ccc(CN(C)C(C)(C)C(=O)O)cc1O. The predicted octanol–water partition coefficient (Wildman–Crippen LogP) is 2.00. The number of rotatable bonds is 4. The molecule has 0 spiro atoms. The summed E-state index contributed by atoms with van der Waals surface area (Å²) in [5.74, 6) is -0.625. The number of phenols is 1. The Hall–Kier alpha value is -1.55. The number of carboxylic acids is 1. The lowest BCUT2D eigenvalue weighted by Crippen LogP contribution is -2.47. The highest BCUT2D eigenvalue weighted by molar-refractivity contribution is 5.77. The van der Waals surface area contributed by atoms with Crippen molar-refractivity contribution in [3.05, 3.63) is 29.3 Å². The van der Waals surface area contributed by atoms with Crippen LogP contribution in [0.15, 0.2) is 18.2 Å². The molecule has 0 aliphatic rings. The molecule has 0 bridgehead atoms. The van der Waals surface area contributed by atoms with E-state index in [1.54, 1.807) is 31.9 Å². The molecule has 1 aromatic rings. The van der Waals surface area contributed by atoms with Crippen molar-refractivity contribution < 1.29 is 15.0 Å². The number of hydrogen-bond donors (Lipinski definition) is 2. The van der Waals surface area contributed by atoms with Gasteiger partial charge in [-0.25, -0.2) is 0 Å². The summed E-state index contributed by atoms with van der Waals surface area (Å²) in [6.45, 7) is 5.61. The minimum absolute atomic E-state index is 0.240. The van der Waals surface area contributed by atoms with E-state index in [0.717, 1.165) is 11.1 Å². The summed E-state index contributed by atoms with van der Waals surface area (Å²) in [6, 6.07) is 5.39. The van der Waals surface area contributed by atoms with Gasteiger partial charge in [0, 0.05) is 6.54 Å². The van der Waals surface area contributed by atoms with Gasteiger partial charge in [0.2, 0.25) is 0 Å². The molecule has 0 fully saturated rings. The highest BCUT2D eigenvalue weighted by atomic mass is 16.4. The van der Waals surface area contributed by atoms with E-state index in [1.807, 2.05) is 19.1 Å². The van der Waals surface area contributed by atoms with E-state index in [9.17, 15) is 9.90 Å². The second-order valence-corrected chi connectivity index (χ2v) is 4.84. The Morgan fingerprint density at radius 3 is 2.47 bits per heavy atom. The van der Waals surface area contributed by atoms with E-state index in [-0.39, 0.29) is 5.75 Å². The Kier molecular flexibility index (Phi) is 3.78. The van der Waals surface area contributed by atoms with Gasteiger partial charge >= 0.3 is 5.97 Å². The van der Waals surface area contributed by atoms with Crippen molar-refractivity contribution >= 4 is 5.97 Å². The molecule has 0 amide bonds. The van der Waals surface area contributed by atoms with Gasteiger partial charge in [0.05, 0.1) is 0 Å². The van der Waals surface area contributed by atoms with Gasteiger partial charge in [0.15, 0.2) is 0 Å². The topological polar surface area (TPSA) is 60.8 Å². The molecule has 0 aromatic heterocycles. The Bertz CT molecular complexity index is 427. The molecule has 4 nitrogen and oxygen atoms in total. The van der Waals surface area contributed by atoms with Gasteiger partial charge in [-0.05, 0) is 45.0 Å². The molecule has 0 saturated carbocycles. The summed E-state index contributed by atoms with van der Waals surface area (Å²) in [7, 11) is 1.75. The van der Waals surface area contributed by atoms with Crippen molar-refractivity contribution in [3.8, 4) is 5.75 Å². The smallest absolute Gasteiger partial charge is 0.323 e. The van der Waals surface area contributed by atoms with Gasteiger partial charge in [-0.1, -0.05) is 12.1 Å². The van der Waals surface area contributed by atoms with E-state index in [4.69, 9.17) is 5.11 Å². The molecule has 0 radical (unpaired) electrons. The first-order chi connectivity index (χ1) is 7.75. The van der Waals surface area contributed by atoms with Crippen LogP contribution in [0.5, 0.6) is 5.75 Å². The minimum Gasteiger partial charge on any atom is -0.508 e. The number of carbonyl (C=O) groups is 1. The molecule has 0 aliphatic heterocycles. The zero-order valence-electron chi connectivity index (χ0n) is 10.7. The number of likely N-dealkylation sites (N-methyl/N-ethyl adjacent to an activating group) is 1. The molecule has 0 unspecified atom stereocenters. The highest BCUT2D eigenvalue weighted by Gasteiger charge is 2.31. The molecule has 94 valence electrons. The normalized spacial score (nSPS) is 11.8. The van der Waals surface area contributed by atoms with Gasteiger partial charge in [-0.15, -0.1) is 0 Å². The number of benzene rings is 1. The summed E-state index contributed by atoms with van der Waals surface area (Å²) in [6.07, 6.45) is 0. The average Bonchev–Trinajstić information content (AvgIpc) is 2.23. The number of aliphatic carboxylic acids is 1. The lowest BCUT2D eigenvalue weighted by atomic mass is 10.0. The number of phenolic OH excluding ortho intramolecular Hbond substituents is 1. The maximum atomic E-state index is 11.1. The first kappa shape index (κ1) is 13.5. The van der Waals surface area contributed by atoms with Crippen LogP contribution in [0.1, 0.15) is 25.0 Å². The molecule has 1 aromatic carbocycles. The van der Waals surface area contributed by atoms with Crippen molar-refractivity contribution in [1.82, 2.24) is 4.90 Å². The molecule has 0 heterocycles. The number of carboxylic acid groups (broad SMARTS) is 1. The van der Waals surface area contributed by atoms with E-state index in [0.29, 0.717) is 6.54 Å². The van der Waals surface area contributed by atoms with Crippen molar-refractivity contribution in [2.24, 2.45) is 0 Å². The van der Waals surface area contributed by atoms with Gasteiger partial charge in [0.1, 0.15) is 11.3 Å². The molecule has 1 rings (SSSR count). The van der Waals surface area contributed by atoms with Crippen LogP contribution in [0, 0.1) is 6.92 Å². The van der Waals surface area contributed by atoms with Crippen LogP contribution in [0.4, 0.5) is 0 Å². The minimum atomic E-state index is -0.930. The Morgan fingerprint density at radius 1 is 1.41 bits per heavy atom. The van der Waals surface area contributed by atoms with E-state index < -0.39 is 11.5 Å². The second kappa shape index (κ2) is 4.75. The summed E-state index contributed by atoms with van der Waals surface area (Å²) in [4.78, 5) is 12.8. The molecule has 17 heavy (non-hydrogen) atoms. The number of aryl methyl sites for hydroxylation is 1. The predicted molar refractivity (Wildman–Crippen MR) is 66.0 cm³/mol. The summed E-state index contributed by atoms with van der Waals surface area (Å²) in [5.41, 5.74) is 0.777. The molecule has 2 N–H and O–H groups in total. The average molecular weight is 237 g/mol. The molecule has 0 saturated heterocycles. The van der Waals surface area contributed by atoms with Crippen LogP contribution in [0.2, 0.25) is 0 Å². The maximum Gasteiger partial charge on any atom is 0.323 e. The van der Waals surface area contributed by atoms with Gasteiger partial charge in [0.25, 0.3) is 0 Å². The van der Waals surface area contributed by atoms with Crippen LogP contribution in [0.25, 0.3) is 0 Å². The molecule has 0 aliphatic carbocycles. The van der Waals surface area contributed by atoms with Crippen LogP contribution in [0.3, 0.4) is 0 Å². The van der Waals surface area contributed by atoms with Gasteiger partial charge in [-0.2, -0.15) is 0 Å². The largest absolute Gasteiger partial charge is 0.508 e. The summed E-state index contributed by atoms with van der Waals surface area (Å²) >= 11 is 0. The standard InChI is InChI=1S/C13H19NO3/c1-9-5-6-10(7-11(9)15)8-14(4)13(2,3)12(16)17/h5-7,15H,8H2,1-4H3,(H,16,17). The molecule has 0 atom stereocenters. The lowest BCUT2D eigenvalue weighted by Gasteiger charge is -2.31. The van der Waals surface area contributed by atoms with E-state index in [1.165, 1.54) is 0 Å². The second-order valence-electron chi connectivity index (χ2n) is 4.84. The molecule has 4 heteroatoms. The van der Waals surface area contributed by atoms with Crippen LogP contribution < -0.4 is 0 Å².